The highest BCUT2D eigenvalue weighted by Gasteiger charge is 2.37. The number of carboxylic acids is 3. The van der Waals surface area contributed by atoms with E-state index < -0.39 is 315 Å². The molecule has 3 rings (SSSR count). The van der Waals surface area contributed by atoms with E-state index in [0.717, 1.165) is 0 Å². The second-order valence-corrected chi connectivity index (χ2v) is 26.0. The first-order chi connectivity index (χ1) is 51.3. The summed E-state index contributed by atoms with van der Waals surface area (Å²) in [6.07, 6.45) is -30.8. The van der Waals surface area contributed by atoms with E-state index in [4.69, 9.17) is 15.9 Å². The Labute approximate surface area is 620 Å². The van der Waals surface area contributed by atoms with Gasteiger partial charge < -0.3 is 135 Å². The number of nitrogen functional groups attached to an aromatic ring is 1. The number of aromatic nitrogens is 4. The number of H-pyrrole nitrogens is 1. The minimum atomic E-state index is -2.17. The van der Waals surface area contributed by atoms with E-state index in [1.165, 1.54) is 37.4 Å². The standard InChI is InChI=1S/C66H98N12O31/c1-30(46(89)27-80)55(99)43(86)23-69-49(92)13-2-31(26-79)18-41(84)38(11-16-52(95)96)74-63(106)34(6-15-51(94)71-25-45(88)57(101)59(103)48(91)29-82)20-42(85)39(12-17-53(97)98)75-62(105)33(5-14-50(93)70-24-44(87)56(100)58(102)47(90)28-81)19-37(83)9-10-40(65(108)109)76-61(104)32-3-7-35(8-4-32)68-21-36-22-72-60-54(73-36)64(107)78-66(67)77-60/h3-4,7-8,22,26,30-31,33-34,38-40,43-48,55-59,68,80-82,86-91,99-103H,2,5-6,9-21,23-25,27-29H2,1H3,(H,69,92)(H,70,93)(H,71,94)(H,74,106)(H,75,105)(H,76,104)(H,95,96)(H,97,98)(H,108,109)(H3,67,72,77,78,107)/t30-,31-,33-,34-,38-,39-,40+,43+,44+,45+,46-,47-,48-,55+,56-,57-,58-,59-/m1/s1. The molecule has 1 aromatic carbocycles. The number of rotatable bonds is 55. The maximum Gasteiger partial charge on any atom is 0.326 e. The second-order valence-electron chi connectivity index (χ2n) is 26.0. The second kappa shape index (κ2) is 47.3. The molecule has 0 saturated heterocycles. The zero-order chi connectivity index (χ0) is 81.9. The smallest absolute Gasteiger partial charge is 0.326 e. The van der Waals surface area contributed by atoms with Crippen LogP contribution >= 0.6 is 0 Å². The SMILES string of the molecule is C[C@@H]([C@H](O)[C@@H](O)CNC(=O)CC[C@@H](C=O)CC(=O)[C@@H](CCC(=O)O)NC(=O)[C@H](CCC(=O)NC[C@H](O)[C@@H](O)[C@H](O)[C@H](O)CO)CC(=O)[C@@H](CCC(=O)O)NC(=O)[C@H](CCC(=O)NC[C@H](O)[C@@H](O)[C@H](O)[C@H](O)CO)CC(=O)CC[C@H](NC(=O)c1ccc(NCc2cnc3nc(N)[nH]c(=O)c3n2)cc1)C(=O)O)[C@H](O)CO. The zero-order valence-corrected chi connectivity index (χ0v) is 59.1. The number of aliphatic hydroxyl groups is 14. The largest absolute Gasteiger partial charge is 0.481 e. The van der Waals surface area contributed by atoms with Crippen molar-refractivity contribution in [1.29, 1.82) is 0 Å². The van der Waals surface area contributed by atoms with Gasteiger partial charge >= 0.3 is 17.9 Å². The minimum absolute atomic E-state index is 0.000679. The quantitative estimate of drug-likeness (QED) is 0.0233. The topological polar surface area (TPSA) is 748 Å². The van der Waals surface area contributed by atoms with Gasteiger partial charge in [-0.05, 0) is 62.8 Å². The van der Waals surface area contributed by atoms with E-state index in [0.29, 0.717) is 11.4 Å². The van der Waals surface area contributed by atoms with Crippen molar-refractivity contribution in [2.75, 3.05) is 50.5 Å². The molecule has 0 radical (unpaired) electrons. The van der Waals surface area contributed by atoms with Crippen molar-refractivity contribution >= 4 is 99.8 Å². The van der Waals surface area contributed by atoms with Gasteiger partial charge in [0.2, 0.25) is 35.5 Å². The maximum absolute atomic E-state index is 14.6. The number of fused-ring (bicyclic) bond motifs is 1. The lowest BCUT2D eigenvalue weighted by atomic mass is 9.89. The number of carbonyl (C=O) groups is 13. The summed E-state index contributed by atoms with van der Waals surface area (Å²) in [7, 11) is 0. The number of nitrogens with one attached hydrogen (secondary N) is 8. The summed E-state index contributed by atoms with van der Waals surface area (Å²) in [4.78, 5) is 200. The summed E-state index contributed by atoms with van der Waals surface area (Å²) < 4.78 is 0. The molecule has 0 aliphatic heterocycles. The molecule has 0 unspecified atom stereocenters. The van der Waals surface area contributed by atoms with Crippen LogP contribution in [0.3, 0.4) is 0 Å². The number of hydrogen-bond acceptors (Lipinski definition) is 33. The average molecular weight is 1560 g/mol. The summed E-state index contributed by atoms with van der Waals surface area (Å²) in [6, 6.07) is -0.0603. The molecule has 0 spiro atoms. The summed E-state index contributed by atoms with van der Waals surface area (Å²) in [5.41, 5.74) is 5.51. The molecule has 608 valence electrons. The van der Waals surface area contributed by atoms with E-state index >= 15 is 0 Å². The van der Waals surface area contributed by atoms with Crippen LogP contribution in [0.25, 0.3) is 11.2 Å². The van der Waals surface area contributed by atoms with Gasteiger partial charge in [-0.3, -0.25) is 62.5 Å². The minimum Gasteiger partial charge on any atom is -0.481 e. The van der Waals surface area contributed by atoms with Crippen molar-refractivity contribution in [1.82, 2.24) is 51.8 Å². The van der Waals surface area contributed by atoms with E-state index in [9.17, 15) is 144 Å². The highest BCUT2D eigenvalue weighted by molar-refractivity contribution is 5.98. The lowest BCUT2D eigenvalue weighted by Gasteiger charge is -2.27. The molecule has 3 aromatic rings. The number of benzene rings is 1. The molecule has 0 aliphatic carbocycles. The third kappa shape index (κ3) is 32.6. The van der Waals surface area contributed by atoms with E-state index in [1.54, 1.807) is 0 Å². The Bertz CT molecular complexity index is 3590. The molecule has 0 saturated carbocycles. The van der Waals surface area contributed by atoms with Crippen LogP contribution in [0.2, 0.25) is 0 Å². The van der Waals surface area contributed by atoms with Crippen molar-refractivity contribution in [3.63, 3.8) is 0 Å². The van der Waals surface area contributed by atoms with Gasteiger partial charge in [0.05, 0.1) is 80.9 Å². The molecular formula is C66H98N12O31. The van der Waals surface area contributed by atoms with Crippen LogP contribution in [0.4, 0.5) is 11.6 Å². The maximum atomic E-state index is 14.6. The number of nitrogens with zero attached hydrogens (tertiary/aromatic N) is 3. The monoisotopic (exact) mass is 1550 g/mol. The Morgan fingerprint density at radius 2 is 0.954 bits per heavy atom. The van der Waals surface area contributed by atoms with Crippen LogP contribution in [0.1, 0.15) is 119 Å². The van der Waals surface area contributed by atoms with Gasteiger partial charge in [0.1, 0.15) is 54.7 Å². The van der Waals surface area contributed by atoms with Crippen LogP contribution in [0, 0.1) is 23.7 Å². The summed E-state index contributed by atoms with van der Waals surface area (Å²) in [5, 5.41) is 185. The van der Waals surface area contributed by atoms with E-state index in [1.807, 2.05) is 0 Å². The Hall–Kier alpha value is -9.61. The number of carboxylic acid groups (broad SMARTS) is 3. The number of Topliss-reactive ketones (excluding diaryl/α,β-unsaturated/α-hetero) is 3. The average Bonchev–Trinajstić information content (AvgIpc) is 0.810. The third-order valence-corrected chi connectivity index (χ3v) is 17.5. The molecule has 27 N–H and O–H groups in total. The molecule has 6 amide bonds. The fourth-order valence-electron chi connectivity index (χ4n) is 10.6. The summed E-state index contributed by atoms with van der Waals surface area (Å²) >= 11 is 0. The Morgan fingerprint density at radius 1 is 0.514 bits per heavy atom. The molecule has 109 heavy (non-hydrogen) atoms. The number of ketones is 3. The van der Waals surface area contributed by atoms with Crippen molar-refractivity contribution < 1.29 is 149 Å². The van der Waals surface area contributed by atoms with Gasteiger partial charge in [-0.2, -0.15) is 4.98 Å². The van der Waals surface area contributed by atoms with E-state index in [-0.39, 0.29) is 41.9 Å². The van der Waals surface area contributed by atoms with Gasteiger partial charge in [0.25, 0.3) is 11.5 Å². The van der Waals surface area contributed by atoms with Crippen LogP contribution in [-0.4, -0.2) is 308 Å². The number of anilines is 2. The summed E-state index contributed by atoms with van der Waals surface area (Å²) in [6.45, 7) is -3.80. The molecule has 43 nitrogen and oxygen atoms in total. The molecule has 0 fully saturated rings. The van der Waals surface area contributed by atoms with Crippen LogP contribution in [0.5, 0.6) is 0 Å². The third-order valence-electron chi connectivity index (χ3n) is 17.5. The number of nitrogens with two attached hydrogens (primary N) is 1. The molecule has 2 heterocycles. The summed E-state index contributed by atoms with van der Waals surface area (Å²) in [5.74, 6) is -20.3. The van der Waals surface area contributed by atoms with Gasteiger partial charge in [0, 0.05) is 112 Å². The lowest BCUT2D eigenvalue weighted by molar-refractivity contribution is -0.140. The first-order valence-corrected chi connectivity index (χ1v) is 34.4. The van der Waals surface area contributed by atoms with Crippen molar-refractivity contribution in [3.8, 4) is 0 Å². The Balaban J connectivity index is 1.96. The predicted octanol–water partition coefficient (Wildman–Crippen LogP) is -9.23. The van der Waals surface area contributed by atoms with Crippen molar-refractivity contribution in [2.24, 2.45) is 23.7 Å². The zero-order valence-electron chi connectivity index (χ0n) is 59.1. The fraction of sp³-hybridized carbons (Fsp3) is 0.621. The van der Waals surface area contributed by atoms with Gasteiger partial charge in [0.15, 0.2) is 22.7 Å². The predicted molar refractivity (Wildman–Crippen MR) is 370 cm³/mol. The number of aliphatic carboxylic acids is 3. The number of aliphatic hydroxyl groups excluding tert-OH is 14. The normalized spacial score (nSPS) is 16.5. The van der Waals surface area contributed by atoms with Crippen LogP contribution < -0.4 is 48.5 Å². The highest BCUT2D eigenvalue weighted by atomic mass is 16.4. The highest BCUT2D eigenvalue weighted by Crippen LogP contribution is 2.23. The molecule has 2 aromatic heterocycles. The molecule has 0 bridgehead atoms. The number of hydrogen-bond donors (Lipinski definition) is 26. The molecule has 43 heteroatoms. The van der Waals surface area contributed by atoms with Crippen LogP contribution in [0.15, 0.2) is 35.3 Å². The number of amides is 6. The Kier molecular flexibility index (Phi) is 40.7. The number of carbonyl (C=O) groups excluding carboxylic acids is 10. The molecular weight excluding hydrogens is 1460 g/mol. The van der Waals surface area contributed by atoms with Crippen molar-refractivity contribution in [2.45, 2.75) is 195 Å². The van der Waals surface area contributed by atoms with Crippen molar-refractivity contribution in [3.05, 3.63) is 52.1 Å². The molecule has 18 atom stereocenters. The Morgan fingerprint density at radius 3 is 1.41 bits per heavy atom. The van der Waals surface area contributed by atoms with Crippen LogP contribution in [-0.2, 0) is 64.1 Å². The first kappa shape index (κ1) is 93.6. The van der Waals surface area contributed by atoms with E-state index in [2.05, 4.69) is 57.2 Å². The molecule has 0 aliphatic rings. The van der Waals surface area contributed by atoms with Gasteiger partial charge in [-0.25, -0.2) is 14.8 Å². The number of aldehydes is 1. The lowest BCUT2D eigenvalue weighted by Crippen LogP contribution is -2.50. The first-order valence-electron chi connectivity index (χ1n) is 34.4. The van der Waals surface area contributed by atoms with Gasteiger partial charge in [-0.15, -0.1) is 0 Å². The number of aromatic amines is 1. The van der Waals surface area contributed by atoms with Gasteiger partial charge in [-0.1, -0.05) is 6.92 Å². The fourth-order valence-corrected chi connectivity index (χ4v) is 10.6.